The van der Waals surface area contributed by atoms with E-state index in [9.17, 15) is 4.79 Å². The molecule has 3 heteroatoms. The van der Waals surface area contributed by atoms with Crippen LogP contribution >= 0.6 is 11.6 Å². The molecule has 0 bridgehead atoms. The molecule has 0 aliphatic heterocycles. The number of halogens is 1. The summed E-state index contributed by atoms with van der Waals surface area (Å²) in [4.78, 5) is 11.0. The molecular formula is C11H14ClNO. The van der Waals surface area contributed by atoms with Crippen molar-refractivity contribution in [3.63, 3.8) is 0 Å². The highest BCUT2D eigenvalue weighted by Crippen LogP contribution is 2.29. The van der Waals surface area contributed by atoms with E-state index in [1.54, 1.807) is 18.2 Å². The van der Waals surface area contributed by atoms with Gasteiger partial charge in [0.1, 0.15) is 0 Å². The SMILES string of the molecule is CC(C)(C)c1cc(C(N)=O)ccc1Cl. The number of benzene rings is 1. The predicted molar refractivity (Wildman–Crippen MR) is 58.7 cm³/mol. The normalized spacial score (nSPS) is 11.4. The van der Waals surface area contributed by atoms with Crippen LogP contribution in [0.15, 0.2) is 18.2 Å². The average Bonchev–Trinajstić information content (AvgIpc) is 2.02. The highest BCUT2D eigenvalue weighted by Gasteiger charge is 2.18. The Hall–Kier alpha value is -1.02. The minimum absolute atomic E-state index is 0.0808. The maximum absolute atomic E-state index is 11.0. The van der Waals surface area contributed by atoms with E-state index in [0.29, 0.717) is 10.6 Å². The van der Waals surface area contributed by atoms with Gasteiger partial charge in [0.15, 0.2) is 0 Å². The van der Waals surface area contributed by atoms with E-state index < -0.39 is 5.91 Å². The van der Waals surface area contributed by atoms with Gasteiger partial charge in [0.05, 0.1) is 0 Å². The third kappa shape index (κ3) is 2.26. The monoisotopic (exact) mass is 211 g/mol. The first-order chi connectivity index (χ1) is 6.32. The van der Waals surface area contributed by atoms with Crippen molar-refractivity contribution in [2.45, 2.75) is 26.2 Å². The number of primary amides is 1. The molecule has 0 aliphatic carbocycles. The molecule has 1 amide bonds. The molecule has 1 aromatic rings. The van der Waals surface area contributed by atoms with Crippen LogP contribution in [-0.2, 0) is 5.41 Å². The highest BCUT2D eigenvalue weighted by molar-refractivity contribution is 6.31. The van der Waals surface area contributed by atoms with Crippen LogP contribution < -0.4 is 5.73 Å². The molecular weight excluding hydrogens is 198 g/mol. The van der Waals surface area contributed by atoms with Crippen molar-refractivity contribution >= 4 is 17.5 Å². The van der Waals surface area contributed by atoms with E-state index in [-0.39, 0.29) is 5.41 Å². The van der Waals surface area contributed by atoms with Gasteiger partial charge in [-0.15, -0.1) is 0 Å². The second-order valence-corrected chi connectivity index (χ2v) is 4.72. The molecule has 0 spiro atoms. The summed E-state index contributed by atoms with van der Waals surface area (Å²) < 4.78 is 0. The molecule has 14 heavy (non-hydrogen) atoms. The third-order valence-electron chi connectivity index (χ3n) is 2.06. The lowest BCUT2D eigenvalue weighted by atomic mass is 9.86. The summed E-state index contributed by atoms with van der Waals surface area (Å²) in [6.45, 7) is 6.12. The van der Waals surface area contributed by atoms with Crippen molar-refractivity contribution in [3.05, 3.63) is 34.3 Å². The largest absolute Gasteiger partial charge is 0.366 e. The van der Waals surface area contributed by atoms with Crippen molar-refractivity contribution in [2.24, 2.45) is 5.73 Å². The number of carbonyl (C=O) groups is 1. The van der Waals surface area contributed by atoms with Crippen molar-refractivity contribution in [1.82, 2.24) is 0 Å². The van der Waals surface area contributed by atoms with Crippen molar-refractivity contribution < 1.29 is 4.79 Å². The van der Waals surface area contributed by atoms with Crippen molar-refractivity contribution in [2.75, 3.05) is 0 Å². The maximum atomic E-state index is 11.0. The van der Waals surface area contributed by atoms with Crippen LogP contribution in [0.2, 0.25) is 5.02 Å². The second kappa shape index (κ2) is 3.62. The quantitative estimate of drug-likeness (QED) is 0.763. The standard InChI is InChI=1S/C11H14ClNO/c1-11(2,3)8-6-7(10(13)14)4-5-9(8)12/h4-6H,1-3H3,(H2,13,14). The molecule has 1 rings (SSSR count). The molecule has 0 saturated heterocycles. The van der Waals surface area contributed by atoms with Gasteiger partial charge in [-0.2, -0.15) is 0 Å². The van der Waals surface area contributed by atoms with Gasteiger partial charge in [0.2, 0.25) is 5.91 Å². The van der Waals surface area contributed by atoms with E-state index in [4.69, 9.17) is 17.3 Å². The molecule has 2 nitrogen and oxygen atoms in total. The van der Waals surface area contributed by atoms with Crippen LogP contribution in [0.25, 0.3) is 0 Å². The van der Waals surface area contributed by atoms with Gasteiger partial charge >= 0.3 is 0 Å². The van der Waals surface area contributed by atoms with Crippen LogP contribution in [0, 0.1) is 0 Å². The highest BCUT2D eigenvalue weighted by atomic mass is 35.5. The number of nitrogens with two attached hydrogens (primary N) is 1. The van der Waals surface area contributed by atoms with E-state index in [1.807, 2.05) is 20.8 Å². The molecule has 0 radical (unpaired) electrons. The summed E-state index contributed by atoms with van der Waals surface area (Å²) in [6, 6.07) is 5.10. The molecule has 2 N–H and O–H groups in total. The minimum atomic E-state index is -0.424. The lowest BCUT2D eigenvalue weighted by molar-refractivity contribution is 0.1000. The first-order valence-corrected chi connectivity index (χ1v) is 4.80. The minimum Gasteiger partial charge on any atom is -0.366 e. The van der Waals surface area contributed by atoms with Gasteiger partial charge in [-0.3, -0.25) is 4.79 Å². The molecule has 76 valence electrons. The topological polar surface area (TPSA) is 43.1 Å². The first-order valence-electron chi connectivity index (χ1n) is 4.42. The number of hydrogen-bond acceptors (Lipinski definition) is 1. The summed E-state index contributed by atoms with van der Waals surface area (Å²) in [5, 5.41) is 0.669. The Kier molecular flexibility index (Phi) is 2.86. The lowest BCUT2D eigenvalue weighted by Crippen LogP contribution is -2.16. The van der Waals surface area contributed by atoms with Crippen LogP contribution in [-0.4, -0.2) is 5.91 Å². The second-order valence-electron chi connectivity index (χ2n) is 4.31. The van der Waals surface area contributed by atoms with Crippen LogP contribution in [0.3, 0.4) is 0 Å². The molecule has 0 heterocycles. The molecule has 0 aliphatic rings. The van der Waals surface area contributed by atoms with Gasteiger partial charge in [0.25, 0.3) is 0 Å². The summed E-state index contributed by atoms with van der Waals surface area (Å²) in [5.41, 5.74) is 6.55. The molecule has 0 fully saturated rings. The Bertz CT molecular complexity index is 366. The van der Waals surface area contributed by atoms with E-state index >= 15 is 0 Å². The van der Waals surface area contributed by atoms with Crippen molar-refractivity contribution in [3.8, 4) is 0 Å². The molecule has 0 aromatic heterocycles. The van der Waals surface area contributed by atoms with Gasteiger partial charge in [0, 0.05) is 10.6 Å². The van der Waals surface area contributed by atoms with Crippen molar-refractivity contribution in [1.29, 1.82) is 0 Å². The Morgan fingerprint density at radius 3 is 2.36 bits per heavy atom. The first kappa shape index (κ1) is 11.1. The molecule has 0 saturated carbocycles. The fraction of sp³-hybridized carbons (Fsp3) is 0.364. The number of hydrogen-bond donors (Lipinski definition) is 1. The smallest absolute Gasteiger partial charge is 0.248 e. The molecule has 0 unspecified atom stereocenters. The predicted octanol–water partition coefficient (Wildman–Crippen LogP) is 2.74. The van der Waals surface area contributed by atoms with Gasteiger partial charge < -0.3 is 5.73 Å². The van der Waals surface area contributed by atoms with Gasteiger partial charge in [-0.25, -0.2) is 0 Å². The number of amides is 1. The number of rotatable bonds is 1. The zero-order valence-electron chi connectivity index (χ0n) is 8.60. The summed E-state index contributed by atoms with van der Waals surface area (Å²) in [5.74, 6) is -0.424. The fourth-order valence-corrected chi connectivity index (χ4v) is 1.65. The van der Waals surface area contributed by atoms with Crippen LogP contribution in [0.4, 0.5) is 0 Å². The van der Waals surface area contributed by atoms with E-state index in [0.717, 1.165) is 5.56 Å². The molecule has 0 atom stereocenters. The van der Waals surface area contributed by atoms with Crippen LogP contribution in [0.5, 0.6) is 0 Å². The Balaban J connectivity index is 3.29. The molecule has 1 aromatic carbocycles. The zero-order chi connectivity index (χ0) is 10.9. The average molecular weight is 212 g/mol. The van der Waals surface area contributed by atoms with Gasteiger partial charge in [-0.05, 0) is 29.2 Å². The summed E-state index contributed by atoms with van der Waals surface area (Å²) >= 11 is 6.03. The summed E-state index contributed by atoms with van der Waals surface area (Å²) in [6.07, 6.45) is 0. The Labute approximate surface area is 89.1 Å². The summed E-state index contributed by atoms with van der Waals surface area (Å²) in [7, 11) is 0. The fourth-order valence-electron chi connectivity index (χ4n) is 1.25. The Morgan fingerprint density at radius 1 is 1.36 bits per heavy atom. The third-order valence-corrected chi connectivity index (χ3v) is 2.39. The zero-order valence-corrected chi connectivity index (χ0v) is 9.35. The van der Waals surface area contributed by atoms with E-state index in [2.05, 4.69) is 0 Å². The number of carbonyl (C=O) groups excluding carboxylic acids is 1. The lowest BCUT2D eigenvalue weighted by Gasteiger charge is -2.21. The van der Waals surface area contributed by atoms with Crippen LogP contribution in [0.1, 0.15) is 36.7 Å². The van der Waals surface area contributed by atoms with E-state index in [1.165, 1.54) is 0 Å². The maximum Gasteiger partial charge on any atom is 0.248 e. The Morgan fingerprint density at radius 2 is 1.93 bits per heavy atom. The van der Waals surface area contributed by atoms with Gasteiger partial charge in [-0.1, -0.05) is 32.4 Å².